The van der Waals surface area contributed by atoms with E-state index in [1.807, 2.05) is 13.8 Å². The van der Waals surface area contributed by atoms with Crippen LogP contribution in [0.4, 0.5) is 22.0 Å². The molecule has 0 aliphatic carbocycles. The third-order valence-corrected chi connectivity index (χ3v) is 3.47. The van der Waals surface area contributed by atoms with Crippen molar-refractivity contribution in [2.45, 2.75) is 26.1 Å². The molecule has 2 aromatic carbocycles. The largest absolute Gasteiger partial charge is 0.499 e. The number of rotatable bonds is 5. The molecule has 154 valence electrons. The number of alkyl halides is 5. The second-order valence-electron chi connectivity index (χ2n) is 5.36. The van der Waals surface area contributed by atoms with Crippen LogP contribution in [0.15, 0.2) is 54.9 Å². The second kappa shape index (κ2) is 8.80. The molecule has 0 aliphatic rings. The maximum Gasteiger partial charge on any atom is 0.499 e. The van der Waals surface area contributed by atoms with Crippen molar-refractivity contribution < 1.29 is 31.5 Å². The van der Waals surface area contributed by atoms with E-state index in [1.165, 1.54) is 23.1 Å². The van der Waals surface area contributed by atoms with E-state index in [0.717, 1.165) is 12.1 Å². The minimum Gasteiger partial charge on any atom is -0.426 e. The Morgan fingerprint density at radius 1 is 0.931 bits per heavy atom. The van der Waals surface area contributed by atoms with Crippen molar-refractivity contribution in [3.8, 4) is 22.8 Å². The lowest BCUT2D eigenvalue weighted by Crippen LogP contribution is -2.41. The molecule has 0 spiro atoms. The zero-order valence-corrected chi connectivity index (χ0v) is 15.3. The molecule has 0 saturated heterocycles. The van der Waals surface area contributed by atoms with Gasteiger partial charge in [-0.3, -0.25) is 4.79 Å². The van der Waals surface area contributed by atoms with Crippen LogP contribution in [0.2, 0.25) is 0 Å². The van der Waals surface area contributed by atoms with Gasteiger partial charge in [0.2, 0.25) is 0 Å². The number of nitrogens with zero attached hydrogens (tertiary/aromatic N) is 3. The lowest BCUT2D eigenvalue weighted by molar-refractivity contribution is -0.360. The summed E-state index contributed by atoms with van der Waals surface area (Å²) in [7, 11) is 0. The van der Waals surface area contributed by atoms with Crippen LogP contribution < -0.4 is 4.74 Å². The van der Waals surface area contributed by atoms with E-state index in [4.69, 9.17) is 0 Å². The number of aromatic nitrogens is 3. The van der Waals surface area contributed by atoms with Crippen LogP contribution in [0.25, 0.3) is 17.1 Å². The molecular formula is C19H16F5N3O2. The summed E-state index contributed by atoms with van der Waals surface area (Å²) < 4.78 is 67.3. The Kier molecular flexibility index (Phi) is 6.68. The van der Waals surface area contributed by atoms with Crippen LogP contribution >= 0.6 is 0 Å². The third-order valence-electron chi connectivity index (χ3n) is 3.47. The summed E-state index contributed by atoms with van der Waals surface area (Å²) in [6, 6.07) is 10.9. The molecule has 0 saturated carbocycles. The number of carbonyl (C=O) groups excluding carboxylic acids is 1. The van der Waals surface area contributed by atoms with Crippen molar-refractivity contribution in [1.29, 1.82) is 0 Å². The van der Waals surface area contributed by atoms with Gasteiger partial charge in [-0.05, 0) is 24.3 Å². The quantitative estimate of drug-likeness (QED) is 0.420. The molecule has 3 rings (SSSR count). The van der Waals surface area contributed by atoms with Gasteiger partial charge in [0.05, 0.1) is 5.69 Å². The number of ether oxygens (including phenoxy) is 1. The molecule has 0 amide bonds. The average Bonchev–Trinajstić information content (AvgIpc) is 3.19. The van der Waals surface area contributed by atoms with Gasteiger partial charge in [0.15, 0.2) is 5.82 Å². The van der Waals surface area contributed by atoms with Crippen LogP contribution in [0.1, 0.15) is 24.2 Å². The summed E-state index contributed by atoms with van der Waals surface area (Å²) in [5, 5.41) is 4.20. The number of hydrogen-bond donors (Lipinski definition) is 0. The maximum absolute atomic E-state index is 12.9. The Bertz CT molecular complexity index is 936. The fraction of sp³-hybridized carbons (Fsp3) is 0.211. The maximum atomic E-state index is 12.9. The Hall–Kier alpha value is -3.30. The second-order valence-corrected chi connectivity index (χ2v) is 5.36. The highest BCUT2D eigenvalue weighted by Gasteiger charge is 2.61. The minimum absolute atomic E-state index is 0.344. The molecule has 0 aliphatic heterocycles. The Labute approximate surface area is 162 Å². The molecule has 1 heterocycles. The topological polar surface area (TPSA) is 57.0 Å². The summed E-state index contributed by atoms with van der Waals surface area (Å²) in [6.07, 6.45) is -9.06. The monoisotopic (exact) mass is 413 g/mol. The summed E-state index contributed by atoms with van der Waals surface area (Å²) in [6.45, 7) is 4.00. The standard InChI is InChI=1S/C17H10F5N3O2.C2H6/c18-16(19,20)17(21,22)27-14-7-5-13(6-8-14)25-10-23-15(24-25)12-3-1-11(9-26)2-4-12;1-2/h1-10H;1-2H3. The number of benzene rings is 2. The minimum atomic E-state index is -5.81. The summed E-state index contributed by atoms with van der Waals surface area (Å²) >= 11 is 0. The SMILES string of the molecule is CC.O=Cc1ccc(-c2ncn(-c3ccc(OC(F)(F)C(F)(F)F)cc3)n2)cc1. The highest BCUT2D eigenvalue weighted by atomic mass is 19.4. The molecule has 5 nitrogen and oxygen atoms in total. The van der Waals surface area contributed by atoms with Gasteiger partial charge < -0.3 is 4.74 Å². The van der Waals surface area contributed by atoms with E-state index < -0.39 is 18.0 Å². The summed E-state index contributed by atoms with van der Waals surface area (Å²) in [4.78, 5) is 14.8. The average molecular weight is 413 g/mol. The first-order valence-electron chi connectivity index (χ1n) is 8.41. The van der Waals surface area contributed by atoms with Gasteiger partial charge in [-0.2, -0.15) is 22.0 Å². The van der Waals surface area contributed by atoms with E-state index in [2.05, 4.69) is 14.8 Å². The molecule has 0 atom stereocenters. The van der Waals surface area contributed by atoms with E-state index in [-0.39, 0.29) is 0 Å². The number of aldehydes is 1. The van der Waals surface area contributed by atoms with E-state index in [9.17, 15) is 26.7 Å². The van der Waals surface area contributed by atoms with Crippen LogP contribution in [0.5, 0.6) is 5.75 Å². The molecule has 1 aromatic heterocycles. The van der Waals surface area contributed by atoms with Crippen LogP contribution in [-0.2, 0) is 0 Å². The lowest BCUT2D eigenvalue weighted by atomic mass is 10.1. The van der Waals surface area contributed by atoms with Gasteiger partial charge >= 0.3 is 12.3 Å². The van der Waals surface area contributed by atoms with E-state index in [0.29, 0.717) is 28.9 Å². The number of hydrogen-bond acceptors (Lipinski definition) is 4. The van der Waals surface area contributed by atoms with Gasteiger partial charge in [0, 0.05) is 11.1 Å². The first kappa shape index (κ1) is 22.0. The Morgan fingerprint density at radius 2 is 1.52 bits per heavy atom. The number of carbonyl (C=O) groups is 1. The lowest BCUT2D eigenvalue weighted by Gasteiger charge is -2.20. The number of halogens is 5. The summed E-state index contributed by atoms with van der Waals surface area (Å²) in [5.41, 5.74) is 1.51. The molecule has 29 heavy (non-hydrogen) atoms. The van der Waals surface area contributed by atoms with Gasteiger partial charge in [-0.1, -0.05) is 38.1 Å². The highest BCUT2D eigenvalue weighted by molar-refractivity contribution is 5.76. The molecule has 0 bridgehead atoms. The zero-order chi connectivity index (χ0) is 21.7. The Balaban J connectivity index is 0.00000145. The molecular weight excluding hydrogens is 397 g/mol. The van der Waals surface area contributed by atoms with Crippen molar-refractivity contribution in [1.82, 2.24) is 14.8 Å². The predicted molar refractivity (Wildman–Crippen MR) is 95.2 cm³/mol. The zero-order valence-electron chi connectivity index (χ0n) is 15.3. The van der Waals surface area contributed by atoms with Gasteiger partial charge in [0.25, 0.3) is 0 Å². The van der Waals surface area contributed by atoms with E-state index >= 15 is 0 Å². The predicted octanol–water partition coefficient (Wildman–Crippen LogP) is 5.31. The molecule has 0 radical (unpaired) electrons. The van der Waals surface area contributed by atoms with Crippen LogP contribution in [0, 0.1) is 0 Å². The molecule has 0 fully saturated rings. The molecule has 0 N–H and O–H groups in total. The molecule has 10 heteroatoms. The highest BCUT2D eigenvalue weighted by Crippen LogP contribution is 2.37. The normalized spacial score (nSPS) is 11.4. The molecule has 0 unspecified atom stereocenters. The van der Waals surface area contributed by atoms with Crippen LogP contribution in [-0.4, -0.2) is 33.3 Å². The molecule has 3 aromatic rings. The van der Waals surface area contributed by atoms with Gasteiger partial charge in [0.1, 0.15) is 18.4 Å². The Morgan fingerprint density at radius 3 is 2.03 bits per heavy atom. The van der Waals surface area contributed by atoms with Crippen LogP contribution in [0.3, 0.4) is 0 Å². The smallest absolute Gasteiger partial charge is 0.426 e. The fourth-order valence-electron chi connectivity index (χ4n) is 2.10. The third kappa shape index (κ3) is 5.15. The first-order chi connectivity index (χ1) is 13.7. The van der Waals surface area contributed by atoms with Crippen molar-refractivity contribution in [2.75, 3.05) is 0 Å². The first-order valence-corrected chi connectivity index (χ1v) is 8.41. The summed E-state index contributed by atoms with van der Waals surface area (Å²) in [5.74, 6) is -0.303. The van der Waals surface area contributed by atoms with E-state index in [1.54, 1.807) is 24.3 Å². The van der Waals surface area contributed by atoms with Crippen molar-refractivity contribution in [3.05, 3.63) is 60.4 Å². The van der Waals surface area contributed by atoms with Crippen molar-refractivity contribution in [2.24, 2.45) is 0 Å². The van der Waals surface area contributed by atoms with Crippen molar-refractivity contribution in [3.63, 3.8) is 0 Å². The van der Waals surface area contributed by atoms with Gasteiger partial charge in [-0.25, -0.2) is 9.67 Å². The van der Waals surface area contributed by atoms with Gasteiger partial charge in [-0.15, -0.1) is 5.10 Å². The van der Waals surface area contributed by atoms with Crippen molar-refractivity contribution >= 4 is 6.29 Å². The fourth-order valence-corrected chi connectivity index (χ4v) is 2.10.